The standard InChI is InChI=1S/C26H43F2NO4SSi2/c1-12-18-29-22(30)20(32-35(8,9)23(2,3)4)21(33-36(10,11)24(5,6)7)25(29,31)26(27,28)34-19-16-14-13-15-17-19/h12-17,20-21,31H,1,18H2,2-11H3/t20-,21-,25+/m1/s1. The second kappa shape index (κ2) is 10.3. The third kappa shape index (κ3) is 5.83. The van der Waals surface area contributed by atoms with Crippen molar-refractivity contribution in [2.24, 2.45) is 0 Å². The Morgan fingerprint density at radius 1 is 1.03 bits per heavy atom. The topological polar surface area (TPSA) is 59.0 Å². The van der Waals surface area contributed by atoms with Crippen molar-refractivity contribution in [2.45, 2.75) is 106 Å². The van der Waals surface area contributed by atoms with Gasteiger partial charge in [-0.25, -0.2) is 0 Å². The van der Waals surface area contributed by atoms with E-state index in [4.69, 9.17) is 8.85 Å². The Labute approximate surface area is 221 Å². The van der Waals surface area contributed by atoms with Gasteiger partial charge in [0.05, 0.1) is 0 Å². The molecule has 1 saturated heterocycles. The number of benzene rings is 1. The minimum atomic E-state index is -3.81. The van der Waals surface area contributed by atoms with Crippen LogP contribution < -0.4 is 0 Å². The van der Waals surface area contributed by atoms with Gasteiger partial charge in [-0.1, -0.05) is 65.8 Å². The average Bonchev–Trinajstić information content (AvgIpc) is 2.89. The highest BCUT2D eigenvalue weighted by atomic mass is 32.2. The van der Waals surface area contributed by atoms with Gasteiger partial charge < -0.3 is 18.9 Å². The van der Waals surface area contributed by atoms with E-state index in [1.165, 1.54) is 6.08 Å². The molecule has 0 spiro atoms. The molecule has 1 fully saturated rings. The van der Waals surface area contributed by atoms with Crippen molar-refractivity contribution in [3.63, 3.8) is 0 Å². The van der Waals surface area contributed by atoms with Crippen molar-refractivity contribution >= 4 is 34.3 Å². The Balaban J connectivity index is 2.73. The molecule has 0 radical (unpaired) electrons. The van der Waals surface area contributed by atoms with E-state index in [0.29, 0.717) is 0 Å². The van der Waals surface area contributed by atoms with E-state index in [1.807, 2.05) is 67.7 Å². The minimum Gasteiger partial charge on any atom is -0.406 e. The van der Waals surface area contributed by atoms with E-state index in [9.17, 15) is 9.90 Å². The maximum Gasteiger partial charge on any atom is 0.347 e. The number of alkyl halides is 2. The first kappa shape index (κ1) is 31.2. The van der Waals surface area contributed by atoms with Crippen molar-refractivity contribution in [1.29, 1.82) is 0 Å². The van der Waals surface area contributed by atoms with Gasteiger partial charge in [0.1, 0.15) is 6.10 Å². The molecule has 204 valence electrons. The number of halogens is 2. The molecule has 0 aromatic heterocycles. The van der Waals surface area contributed by atoms with Gasteiger partial charge in [-0.2, -0.15) is 8.78 Å². The Bertz CT molecular complexity index is 948. The van der Waals surface area contributed by atoms with E-state index in [1.54, 1.807) is 30.3 Å². The molecule has 3 atom stereocenters. The van der Waals surface area contributed by atoms with E-state index >= 15 is 8.78 Å². The second-order valence-corrected chi connectivity index (χ2v) is 23.2. The summed E-state index contributed by atoms with van der Waals surface area (Å²) in [7, 11) is -5.37. The minimum absolute atomic E-state index is 0.216. The highest BCUT2D eigenvalue weighted by Gasteiger charge is 2.73. The Morgan fingerprint density at radius 3 is 1.94 bits per heavy atom. The van der Waals surface area contributed by atoms with Crippen LogP contribution >= 0.6 is 11.8 Å². The summed E-state index contributed by atoms with van der Waals surface area (Å²) in [6, 6.07) is 8.12. The van der Waals surface area contributed by atoms with Gasteiger partial charge in [-0.05, 0) is 60.2 Å². The molecular formula is C26H43F2NO4SSi2. The highest BCUT2D eigenvalue weighted by molar-refractivity contribution is 8.00. The zero-order valence-electron chi connectivity index (χ0n) is 23.3. The van der Waals surface area contributed by atoms with E-state index in [-0.39, 0.29) is 33.3 Å². The molecule has 36 heavy (non-hydrogen) atoms. The van der Waals surface area contributed by atoms with Crippen LogP contribution in [0.15, 0.2) is 47.9 Å². The lowest BCUT2D eigenvalue weighted by Crippen LogP contribution is -2.65. The van der Waals surface area contributed by atoms with E-state index < -0.39 is 45.7 Å². The Hall–Kier alpha value is -1.05. The van der Waals surface area contributed by atoms with Crippen LogP contribution in [0.25, 0.3) is 0 Å². The normalized spacial score (nSPS) is 24.4. The molecule has 1 amide bonds. The zero-order chi connectivity index (χ0) is 28.0. The monoisotopic (exact) mass is 559 g/mol. The van der Waals surface area contributed by atoms with Crippen molar-refractivity contribution in [2.75, 3.05) is 6.54 Å². The van der Waals surface area contributed by atoms with Crippen LogP contribution in [0.2, 0.25) is 36.3 Å². The number of hydrogen-bond acceptors (Lipinski definition) is 5. The maximum absolute atomic E-state index is 16.3. The lowest BCUT2D eigenvalue weighted by atomic mass is 10.1. The third-order valence-corrected chi connectivity index (χ3v) is 17.8. The van der Waals surface area contributed by atoms with Crippen LogP contribution in [0.5, 0.6) is 0 Å². The number of hydrogen-bond donors (Lipinski definition) is 1. The smallest absolute Gasteiger partial charge is 0.347 e. The van der Waals surface area contributed by atoms with Crippen molar-refractivity contribution in [1.82, 2.24) is 4.90 Å². The van der Waals surface area contributed by atoms with E-state index in [2.05, 4.69) is 6.58 Å². The first-order valence-electron chi connectivity index (χ1n) is 12.2. The number of nitrogens with zero attached hydrogens (tertiary/aromatic N) is 1. The van der Waals surface area contributed by atoms with Crippen LogP contribution in [0.3, 0.4) is 0 Å². The molecule has 1 aliphatic heterocycles. The van der Waals surface area contributed by atoms with Crippen molar-refractivity contribution in [3.05, 3.63) is 43.0 Å². The SMILES string of the molecule is C=CCN1C(=O)[C@H](O[Si](C)(C)C(C)(C)C)[C@@H](O[Si](C)(C)C(C)(C)C)[C@]1(O)C(F)(F)Sc1ccccc1. The molecule has 1 aliphatic rings. The first-order chi connectivity index (χ1) is 16.1. The summed E-state index contributed by atoms with van der Waals surface area (Å²) in [5.74, 6) is -0.709. The number of carbonyl (C=O) groups excluding carboxylic acids is 1. The molecule has 1 aromatic carbocycles. The van der Waals surface area contributed by atoms with Crippen LogP contribution in [0, 0.1) is 0 Å². The van der Waals surface area contributed by atoms with E-state index in [0.717, 1.165) is 4.90 Å². The second-order valence-electron chi connectivity index (χ2n) is 12.5. The molecule has 1 heterocycles. The molecule has 1 N–H and O–H groups in total. The van der Waals surface area contributed by atoms with Crippen molar-refractivity contribution in [3.8, 4) is 0 Å². The average molecular weight is 560 g/mol. The van der Waals surface area contributed by atoms with Gasteiger partial charge in [0.25, 0.3) is 5.91 Å². The number of likely N-dealkylation sites (tertiary alicyclic amines) is 1. The molecule has 1 aromatic rings. The molecule has 2 rings (SSSR count). The third-order valence-electron chi connectivity index (χ3n) is 7.78. The number of aliphatic hydroxyl groups is 1. The van der Waals surface area contributed by atoms with Gasteiger partial charge in [0, 0.05) is 11.4 Å². The Morgan fingerprint density at radius 2 is 1.50 bits per heavy atom. The van der Waals surface area contributed by atoms with Crippen LogP contribution in [0.4, 0.5) is 8.78 Å². The van der Waals surface area contributed by atoms with Gasteiger partial charge in [-0.15, -0.1) is 6.58 Å². The van der Waals surface area contributed by atoms with Crippen LogP contribution in [-0.4, -0.2) is 62.3 Å². The largest absolute Gasteiger partial charge is 0.406 e. The molecule has 0 saturated carbocycles. The molecule has 0 bridgehead atoms. The number of rotatable bonds is 9. The maximum atomic E-state index is 16.3. The van der Waals surface area contributed by atoms with Gasteiger partial charge in [0.15, 0.2) is 22.7 Å². The molecule has 0 unspecified atom stereocenters. The molecule has 5 nitrogen and oxygen atoms in total. The first-order valence-corrected chi connectivity index (χ1v) is 18.9. The summed E-state index contributed by atoms with van der Waals surface area (Å²) in [4.78, 5) is 14.8. The summed E-state index contributed by atoms with van der Waals surface area (Å²) >= 11 is 0.216. The quantitative estimate of drug-likeness (QED) is 0.203. The summed E-state index contributed by atoms with van der Waals surface area (Å²) in [5, 5.41) is 7.56. The summed E-state index contributed by atoms with van der Waals surface area (Å²) < 4.78 is 45.6. The lowest BCUT2D eigenvalue weighted by molar-refractivity contribution is -0.230. The predicted molar refractivity (Wildman–Crippen MR) is 148 cm³/mol. The summed E-state index contributed by atoms with van der Waals surface area (Å²) in [5.41, 5.74) is -2.96. The lowest BCUT2D eigenvalue weighted by Gasteiger charge is -2.47. The number of carbonyl (C=O) groups is 1. The van der Waals surface area contributed by atoms with Crippen molar-refractivity contribution < 1.29 is 27.5 Å². The summed E-state index contributed by atoms with van der Waals surface area (Å²) in [6.07, 6.45) is -1.62. The van der Waals surface area contributed by atoms with Gasteiger partial charge in [-0.3, -0.25) is 4.79 Å². The van der Waals surface area contributed by atoms with Crippen LogP contribution in [-0.2, 0) is 13.6 Å². The van der Waals surface area contributed by atoms with Crippen LogP contribution in [0.1, 0.15) is 41.5 Å². The zero-order valence-corrected chi connectivity index (χ0v) is 26.1. The molecule has 0 aliphatic carbocycles. The fourth-order valence-corrected chi connectivity index (χ4v) is 6.91. The van der Waals surface area contributed by atoms with Gasteiger partial charge >= 0.3 is 5.25 Å². The molecule has 10 heteroatoms. The van der Waals surface area contributed by atoms with Gasteiger partial charge in [0.2, 0.25) is 5.72 Å². The number of amides is 1. The Kier molecular flexibility index (Phi) is 8.88. The molecular weight excluding hydrogens is 517 g/mol. The number of thioether (sulfide) groups is 1. The summed E-state index contributed by atoms with van der Waals surface area (Å²) in [6.45, 7) is 23.1. The highest BCUT2D eigenvalue weighted by Crippen LogP contribution is 2.54. The predicted octanol–water partition coefficient (Wildman–Crippen LogP) is 6.87. The fraction of sp³-hybridized carbons (Fsp3) is 0.654. The fourth-order valence-electron chi connectivity index (χ4n) is 3.45.